The van der Waals surface area contributed by atoms with Crippen molar-refractivity contribution >= 4 is 65.9 Å². The number of aryl methyl sites for hydroxylation is 1. The fourth-order valence-electron chi connectivity index (χ4n) is 3.29. The summed E-state index contributed by atoms with van der Waals surface area (Å²) in [5, 5.41) is 2.26. The van der Waals surface area contributed by atoms with Crippen molar-refractivity contribution in [1.29, 1.82) is 0 Å². The van der Waals surface area contributed by atoms with Crippen LogP contribution in [0.25, 0.3) is 21.0 Å². The topological polar surface area (TPSA) is 34.4 Å². The molecule has 3 aromatic carbocycles. The molecule has 1 amide bonds. The molecule has 0 atom stereocenters. The summed E-state index contributed by atoms with van der Waals surface area (Å²) in [6.45, 7) is 0.836. The van der Waals surface area contributed by atoms with Crippen molar-refractivity contribution in [2.45, 2.75) is 13.0 Å². The number of halogens is 1. The zero-order valence-corrected chi connectivity index (χ0v) is 18.6. The van der Waals surface area contributed by atoms with Gasteiger partial charge in [-0.1, -0.05) is 69.7 Å². The second-order valence-corrected chi connectivity index (χ2v) is 9.37. The summed E-state index contributed by atoms with van der Waals surface area (Å²) in [7, 11) is 0. The predicted octanol–water partition coefficient (Wildman–Crippen LogP) is 5.65. The molecule has 0 spiro atoms. The first kappa shape index (κ1) is 19.4. The Hall–Kier alpha value is -1.89. The second kappa shape index (κ2) is 8.64. The Morgan fingerprint density at radius 2 is 1.96 bits per heavy atom. The number of nitrogens with zero attached hydrogens (tertiary/aromatic N) is 2. The number of hydrogen-bond acceptors (Lipinski definition) is 3. The van der Waals surface area contributed by atoms with E-state index in [9.17, 15) is 4.79 Å². The van der Waals surface area contributed by atoms with E-state index >= 15 is 0 Å². The van der Waals surface area contributed by atoms with E-state index in [4.69, 9.17) is 0 Å². The minimum Gasteiger partial charge on any atom is -0.316 e. The molecule has 0 aliphatic carbocycles. The summed E-state index contributed by atoms with van der Waals surface area (Å²) in [6, 6.07) is 20.4. The molecule has 3 nitrogen and oxygen atoms in total. The van der Waals surface area contributed by atoms with Gasteiger partial charge in [-0.25, -0.2) is 0 Å². The summed E-state index contributed by atoms with van der Waals surface area (Å²) >= 11 is 6.89. The molecule has 0 bridgehead atoms. The molecule has 6 heteroatoms. The summed E-state index contributed by atoms with van der Waals surface area (Å²) in [5.74, 6) is 0.868. The lowest BCUT2D eigenvalue weighted by Gasteiger charge is -2.05. The average Bonchev–Trinajstić information content (AvgIpc) is 3.02. The number of thioether (sulfide) groups is 1. The maximum Gasteiger partial charge on any atom is 0.252 e. The highest BCUT2D eigenvalue weighted by molar-refractivity contribution is 9.10. The third kappa shape index (κ3) is 4.09. The molecule has 0 saturated heterocycles. The monoisotopic (exact) mass is 470 g/mol. The highest BCUT2D eigenvalue weighted by atomic mass is 79.9. The van der Waals surface area contributed by atoms with Crippen molar-refractivity contribution in [1.82, 2.24) is 4.57 Å². The number of thiazole rings is 1. The van der Waals surface area contributed by atoms with Crippen molar-refractivity contribution in [2.75, 3.05) is 12.0 Å². The third-order valence-electron chi connectivity index (χ3n) is 4.61. The third-order valence-corrected chi connectivity index (χ3v) is 6.73. The van der Waals surface area contributed by atoms with Crippen LogP contribution in [-0.4, -0.2) is 22.5 Å². The molecule has 0 aliphatic heterocycles. The van der Waals surface area contributed by atoms with E-state index in [2.05, 4.69) is 62.1 Å². The Kier molecular flexibility index (Phi) is 5.99. The molecule has 0 N–H and O–H groups in total. The Morgan fingerprint density at radius 3 is 2.82 bits per heavy atom. The molecular formula is C22H19BrN2OS2. The van der Waals surface area contributed by atoms with E-state index in [1.165, 1.54) is 0 Å². The van der Waals surface area contributed by atoms with Gasteiger partial charge >= 0.3 is 0 Å². The molecule has 0 saturated carbocycles. The SMILES string of the molecule is CSCCn1c(=NC(=O)Cc2cccc3ccccc23)sc2cc(Br)ccc21. The van der Waals surface area contributed by atoms with Gasteiger partial charge in [-0.3, -0.25) is 4.79 Å². The first-order valence-corrected chi connectivity index (χ1v) is 12.0. The number of fused-ring (bicyclic) bond motifs is 2. The van der Waals surface area contributed by atoms with Gasteiger partial charge in [0.25, 0.3) is 5.91 Å². The molecule has 4 aromatic rings. The average molecular weight is 471 g/mol. The first-order chi connectivity index (χ1) is 13.7. The van der Waals surface area contributed by atoms with E-state index in [1.807, 2.05) is 30.3 Å². The number of carbonyl (C=O) groups excluding carboxylic acids is 1. The Morgan fingerprint density at radius 1 is 1.14 bits per heavy atom. The van der Waals surface area contributed by atoms with E-state index in [1.54, 1.807) is 23.1 Å². The van der Waals surface area contributed by atoms with Gasteiger partial charge in [0.1, 0.15) is 0 Å². The quantitative estimate of drug-likeness (QED) is 0.377. The van der Waals surface area contributed by atoms with Crippen LogP contribution in [-0.2, 0) is 17.8 Å². The molecule has 4 rings (SSSR count). The number of amides is 1. The van der Waals surface area contributed by atoms with Crippen LogP contribution in [0.1, 0.15) is 5.56 Å². The molecule has 0 aliphatic rings. The molecule has 0 radical (unpaired) electrons. The van der Waals surface area contributed by atoms with Crippen molar-refractivity contribution in [2.24, 2.45) is 4.99 Å². The summed E-state index contributed by atoms with van der Waals surface area (Å²) in [4.78, 5) is 18.1. The second-order valence-electron chi connectivity index (χ2n) is 6.46. The standard InChI is InChI=1S/C22H19BrN2OS2/c1-27-12-11-25-19-10-9-17(23)14-20(19)28-22(25)24-21(26)13-16-7-4-6-15-5-2-3-8-18(15)16/h2-10,14H,11-13H2,1H3. The lowest BCUT2D eigenvalue weighted by Crippen LogP contribution is -2.18. The van der Waals surface area contributed by atoms with Crippen molar-refractivity contribution in [3.05, 3.63) is 75.5 Å². The zero-order valence-electron chi connectivity index (χ0n) is 15.4. The summed E-state index contributed by atoms with van der Waals surface area (Å²) in [6.07, 6.45) is 2.40. The molecule has 142 valence electrons. The van der Waals surface area contributed by atoms with E-state index < -0.39 is 0 Å². The molecule has 1 aromatic heterocycles. The molecule has 0 fully saturated rings. The highest BCUT2D eigenvalue weighted by Crippen LogP contribution is 2.23. The van der Waals surface area contributed by atoms with E-state index in [-0.39, 0.29) is 5.91 Å². The lowest BCUT2D eigenvalue weighted by molar-refractivity contribution is -0.117. The maximum atomic E-state index is 12.8. The van der Waals surface area contributed by atoms with Gasteiger partial charge in [-0.15, -0.1) is 0 Å². The van der Waals surface area contributed by atoms with Crippen molar-refractivity contribution < 1.29 is 4.79 Å². The summed E-state index contributed by atoms with van der Waals surface area (Å²) in [5.41, 5.74) is 2.14. The van der Waals surface area contributed by atoms with Gasteiger partial charge in [0.05, 0.1) is 16.6 Å². The molecule has 0 unspecified atom stereocenters. The van der Waals surface area contributed by atoms with Crippen LogP contribution in [0.4, 0.5) is 0 Å². The van der Waals surface area contributed by atoms with Gasteiger partial charge in [-0.05, 0) is 40.8 Å². The zero-order chi connectivity index (χ0) is 19.5. The van der Waals surface area contributed by atoms with Crippen LogP contribution in [0.3, 0.4) is 0 Å². The lowest BCUT2D eigenvalue weighted by atomic mass is 10.0. The first-order valence-electron chi connectivity index (χ1n) is 8.98. The van der Waals surface area contributed by atoms with Gasteiger partial charge in [0.15, 0.2) is 4.80 Å². The van der Waals surface area contributed by atoms with Crippen molar-refractivity contribution in [3.63, 3.8) is 0 Å². The van der Waals surface area contributed by atoms with Gasteiger partial charge < -0.3 is 4.57 Å². The molecule has 28 heavy (non-hydrogen) atoms. The largest absolute Gasteiger partial charge is 0.316 e. The van der Waals surface area contributed by atoms with Crippen LogP contribution >= 0.6 is 39.0 Å². The smallest absolute Gasteiger partial charge is 0.252 e. The fourth-order valence-corrected chi connectivity index (χ4v) is 5.28. The van der Waals surface area contributed by atoms with Crippen LogP contribution in [0.15, 0.2) is 70.1 Å². The minimum absolute atomic E-state index is 0.111. The number of rotatable bonds is 5. The van der Waals surface area contributed by atoms with E-state index in [0.29, 0.717) is 6.42 Å². The molecular weight excluding hydrogens is 452 g/mol. The maximum absolute atomic E-state index is 12.8. The predicted molar refractivity (Wildman–Crippen MR) is 124 cm³/mol. The van der Waals surface area contributed by atoms with E-state index in [0.717, 1.165) is 48.1 Å². The Bertz CT molecular complexity index is 1220. The van der Waals surface area contributed by atoms with Crippen LogP contribution in [0, 0.1) is 0 Å². The van der Waals surface area contributed by atoms with Crippen molar-refractivity contribution in [3.8, 4) is 0 Å². The number of carbonyl (C=O) groups is 1. The van der Waals surface area contributed by atoms with Gasteiger partial charge in [-0.2, -0.15) is 16.8 Å². The highest BCUT2D eigenvalue weighted by Gasteiger charge is 2.10. The number of hydrogen-bond donors (Lipinski definition) is 0. The Balaban J connectivity index is 1.73. The minimum atomic E-state index is -0.111. The normalized spacial score (nSPS) is 12.1. The number of benzene rings is 3. The van der Waals surface area contributed by atoms with Gasteiger partial charge in [0.2, 0.25) is 0 Å². The van der Waals surface area contributed by atoms with Crippen LogP contribution < -0.4 is 4.80 Å². The fraction of sp³-hybridized carbons (Fsp3) is 0.182. The number of aromatic nitrogens is 1. The Labute approximate surface area is 180 Å². The van der Waals surface area contributed by atoms with Crippen LogP contribution in [0.5, 0.6) is 0 Å². The van der Waals surface area contributed by atoms with Crippen LogP contribution in [0.2, 0.25) is 0 Å². The molecule has 1 heterocycles. The van der Waals surface area contributed by atoms with Gasteiger partial charge in [0, 0.05) is 16.8 Å². The summed E-state index contributed by atoms with van der Waals surface area (Å²) < 4.78 is 4.32.